The van der Waals surface area contributed by atoms with Gasteiger partial charge in [0.1, 0.15) is 5.69 Å². The Morgan fingerprint density at radius 3 is 2.75 bits per heavy atom. The Labute approximate surface area is 138 Å². The zero-order chi connectivity index (χ0) is 16.7. The van der Waals surface area contributed by atoms with Crippen LogP contribution in [0.25, 0.3) is 23.0 Å². The van der Waals surface area contributed by atoms with Gasteiger partial charge in [-0.05, 0) is 11.5 Å². The van der Waals surface area contributed by atoms with E-state index in [0.717, 1.165) is 5.56 Å². The van der Waals surface area contributed by atoms with Crippen molar-refractivity contribution in [1.82, 2.24) is 25.2 Å². The third kappa shape index (κ3) is 2.47. The largest absolute Gasteiger partial charge is 0.349 e. The minimum absolute atomic E-state index is 0.135. The molecule has 3 heterocycles. The first kappa shape index (κ1) is 14.6. The van der Waals surface area contributed by atoms with Crippen LogP contribution >= 0.6 is 0 Å². The molecule has 0 fully saturated rings. The van der Waals surface area contributed by atoms with Crippen LogP contribution in [0.2, 0.25) is 0 Å². The van der Waals surface area contributed by atoms with Gasteiger partial charge in [0.05, 0.1) is 6.54 Å². The van der Waals surface area contributed by atoms with Crippen LogP contribution in [0.3, 0.4) is 0 Å². The molecule has 0 radical (unpaired) electrons. The number of rotatable bonds is 3. The van der Waals surface area contributed by atoms with E-state index >= 15 is 0 Å². The second-order valence-electron chi connectivity index (χ2n) is 6.09. The van der Waals surface area contributed by atoms with E-state index in [9.17, 15) is 4.79 Å². The van der Waals surface area contributed by atoms with Gasteiger partial charge in [0.15, 0.2) is 5.69 Å². The van der Waals surface area contributed by atoms with Crippen LogP contribution in [0.4, 0.5) is 0 Å². The molecule has 1 amide bonds. The summed E-state index contributed by atoms with van der Waals surface area (Å²) in [5, 5.41) is 11.2. The molecule has 0 saturated heterocycles. The van der Waals surface area contributed by atoms with E-state index in [-0.39, 0.29) is 5.91 Å². The summed E-state index contributed by atoms with van der Waals surface area (Å²) < 4.78 is 6.99. The zero-order valence-electron chi connectivity index (χ0n) is 13.5. The lowest BCUT2D eigenvalue weighted by Gasteiger charge is -2.13. The first-order valence-corrected chi connectivity index (χ1v) is 7.92. The summed E-state index contributed by atoms with van der Waals surface area (Å²) in [5.74, 6) is 1.16. The molecule has 0 saturated carbocycles. The van der Waals surface area contributed by atoms with Gasteiger partial charge in [-0.2, -0.15) is 10.1 Å². The summed E-state index contributed by atoms with van der Waals surface area (Å²) in [6.07, 6.45) is 0. The molecule has 1 aliphatic rings. The van der Waals surface area contributed by atoms with Gasteiger partial charge in [-0.1, -0.05) is 43.3 Å². The predicted octanol–water partition coefficient (Wildman–Crippen LogP) is 2.47. The second kappa shape index (κ2) is 5.59. The molecule has 2 aromatic heterocycles. The second-order valence-corrected chi connectivity index (χ2v) is 6.09. The molecule has 1 aliphatic heterocycles. The number of carbonyl (C=O) groups is 1. The summed E-state index contributed by atoms with van der Waals surface area (Å²) in [7, 11) is 0. The topological polar surface area (TPSA) is 85.8 Å². The monoisotopic (exact) mass is 323 g/mol. The average molecular weight is 323 g/mol. The van der Waals surface area contributed by atoms with Crippen LogP contribution in [0.5, 0.6) is 0 Å². The number of hydrogen-bond acceptors (Lipinski definition) is 5. The van der Waals surface area contributed by atoms with E-state index < -0.39 is 0 Å². The highest BCUT2D eigenvalue weighted by Gasteiger charge is 2.22. The average Bonchev–Trinajstić information content (AvgIpc) is 3.22. The number of amides is 1. The summed E-state index contributed by atoms with van der Waals surface area (Å²) >= 11 is 0. The molecule has 4 rings (SSSR count). The molecule has 0 unspecified atom stereocenters. The molecule has 0 spiro atoms. The molecule has 1 N–H and O–H groups in total. The van der Waals surface area contributed by atoms with Crippen LogP contribution in [0.1, 0.15) is 35.8 Å². The van der Waals surface area contributed by atoms with Crippen LogP contribution in [0.15, 0.2) is 34.9 Å². The van der Waals surface area contributed by atoms with Gasteiger partial charge in [-0.25, -0.2) is 0 Å². The lowest BCUT2D eigenvalue weighted by molar-refractivity contribution is 0.0924. The highest BCUT2D eigenvalue weighted by molar-refractivity contribution is 5.94. The summed E-state index contributed by atoms with van der Waals surface area (Å²) in [6, 6.07) is 9.77. The van der Waals surface area contributed by atoms with Crippen LogP contribution in [-0.4, -0.2) is 32.4 Å². The van der Waals surface area contributed by atoms with Crippen LogP contribution in [0, 0.1) is 0 Å². The van der Waals surface area contributed by atoms with Crippen molar-refractivity contribution in [2.75, 3.05) is 6.54 Å². The minimum Gasteiger partial charge on any atom is -0.349 e. The van der Waals surface area contributed by atoms with E-state index in [1.54, 1.807) is 10.7 Å². The van der Waals surface area contributed by atoms with Crippen molar-refractivity contribution in [2.24, 2.45) is 0 Å². The zero-order valence-corrected chi connectivity index (χ0v) is 13.5. The van der Waals surface area contributed by atoms with Crippen molar-refractivity contribution in [1.29, 1.82) is 0 Å². The normalized spacial score (nSPS) is 13.9. The van der Waals surface area contributed by atoms with Crippen molar-refractivity contribution in [3.63, 3.8) is 0 Å². The lowest BCUT2D eigenvalue weighted by Crippen LogP contribution is -2.35. The van der Waals surface area contributed by atoms with Crippen molar-refractivity contribution >= 4 is 5.91 Å². The third-order valence-electron chi connectivity index (χ3n) is 4.10. The molecule has 3 aromatic rings. The Bertz CT molecular complexity index is 892. The van der Waals surface area contributed by atoms with Crippen molar-refractivity contribution in [3.8, 4) is 23.0 Å². The van der Waals surface area contributed by atoms with E-state index in [2.05, 4.69) is 46.5 Å². The highest BCUT2D eigenvalue weighted by atomic mass is 16.5. The van der Waals surface area contributed by atoms with Crippen molar-refractivity contribution in [2.45, 2.75) is 26.3 Å². The van der Waals surface area contributed by atoms with Gasteiger partial charge >= 0.3 is 0 Å². The summed E-state index contributed by atoms with van der Waals surface area (Å²) in [6.45, 7) is 5.51. The third-order valence-corrected chi connectivity index (χ3v) is 4.10. The quantitative estimate of drug-likeness (QED) is 0.800. The van der Waals surface area contributed by atoms with Crippen molar-refractivity contribution < 1.29 is 9.32 Å². The Morgan fingerprint density at radius 2 is 2.04 bits per heavy atom. The van der Waals surface area contributed by atoms with Gasteiger partial charge in [0.2, 0.25) is 5.82 Å². The van der Waals surface area contributed by atoms with E-state index in [0.29, 0.717) is 42.1 Å². The van der Waals surface area contributed by atoms with Gasteiger partial charge in [0.25, 0.3) is 11.8 Å². The minimum atomic E-state index is -0.135. The molecule has 0 atom stereocenters. The highest BCUT2D eigenvalue weighted by Crippen LogP contribution is 2.24. The Kier molecular flexibility index (Phi) is 3.41. The molecule has 7 heteroatoms. The number of benzene rings is 1. The van der Waals surface area contributed by atoms with Gasteiger partial charge in [-0.15, -0.1) is 0 Å². The molecular formula is C17H17N5O2. The Hall–Kier alpha value is -2.96. The summed E-state index contributed by atoms with van der Waals surface area (Å²) in [5.41, 5.74) is 3.17. The fourth-order valence-electron chi connectivity index (χ4n) is 2.70. The number of fused-ring (bicyclic) bond motifs is 1. The SMILES string of the molecule is CC(C)c1ccc(-c2noc(-c3cc4n(n3)CCNC4=O)n2)cc1. The first-order valence-electron chi connectivity index (χ1n) is 7.92. The van der Waals surface area contributed by atoms with Crippen LogP contribution < -0.4 is 5.32 Å². The van der Waals surface area contributed by atoms with E-state index in [4.69, 9.17) is 4.52 Å². The number of nitrogens with zero attached hydrogens (tertiary/aromatic N) is 4. The van der Waals surface area contributed by atoms with Gasteiger partial charge < -0.3 is 9.84 Å². The molecule has 1 aromatic carbocycles. The van der Waals surface area contributed by atoms with E-state index in [1.807, 2.05) is 12.1 Å². The fourth-order valence-corrected chi connectivity index (χ4v) is 2.70. The smallest absolute Gasteiger partial charge is 0.278 e. The number of nitrogens with one attached hydrogen (secondary N) is 1. The molecule has 7 nitrogen and oxygen atoms in total. The lowest BCUT2D eigenvalue weighted by atomic mass is 10.0. The maximum absolute atomic E-state index is 11.8. The first-order chi connectivity index (χ1) is 11.6. The Morgan fingerprint density at radius 1 is 1.25 bits per heavy atom. The molecular weight excluding hydrogens is 306 g/mol. The predicted molar refractivity (Wildman–Crippen MR) is 87.4 cm³/mol. The maximum atomic E-state index is 11.8. The van der Waals surface area contributed by atoms with Gasteiger partial charge in [0, 0.05) is 18.2 Å². The maximum Gasteiger partial charge on any atom is 0.278 e. The number of aromatic nitrogens is 4. The van der Waals surface area contributed by atoms with E-state index in [1.165, 1.54) is 5.56 Å². The van der Waals surface area contributed by atoms with Crippen molar-refractivity contribution in [3.05, 3.63) is 41.6 Å². The number of carbonyl (C=O) groups excluding carboxylic acids is 1. The molecule has 24 heavy (non-hydrogen) atoms. The van der Waals surface area contributed by atoms with Gasteiger partial charge in [-0.3, -0.25) is 9.48 Å². The van der Waals surface area contributed by atoms with Crippen LogP contribution in [-0.2, 0) is 6.54 Å². The fraction of sp³-hybridized carbons (Fsp3) is 0.294. The Balaban J connectivity index is 1.64. The molecule has 122 valence electrons. The summed E-state index contributed by atoms with van der Waals surface area (Å²) in [4.78, 5) is 16.2. The standard InChI is InChI=1S/C17H17N5O2/c1-10(2)11-3-5-12(6-4-11)15-19-17(24-21-15)13-9-14-16(23)18-7-8-22(14)20-13/h3-6,9-10H,7-8H2,1-2H3,(H,18,23). The number of hydrogen-bond donors (Lipinski definition) is 1. The molecule has 0 aliphatic carbocycles. The molecule has 0 bridgehead atoms.